The summed E-state index contributed by atoms with van der Waals surface area (Å²) in [5.41, 5.74) is 1.52. The zero-order valence-corrected chi connectivity index (χ0v) is 16.8. The second kappa shape index (κ2) is 10.2. The normalized spacial score (nSPS) is 16.1. The van der Waals surface area contributed by atoms with Gasteiger partial charge in [-0.2, -0.15) is 0 Å². The molecule has 2 N–H and O–H groups in total. The molecule has 146 valence electrons. The summed E-state index contributed by atoms with van der Waals surface area (Å²) in [4.78, 5) is 12.0. The molecule has 28 heavy (non-hydrogen) atoms. The molecule has 0 spiro atoms. The molecule has 1 amide bonds. The number of ether oxygens (including phenoxy) is 2. The van der Waals surface area contributed by atoms with E-state index in [1.807, 2.05) is 42.5 Å². The molecular weight excluding hydrogens is 396 g/mol. The Balaban J connectivity index is 1.44. The number of carbonyl (C=O) groups is 1. The van der Waals surface area contributed by atoms with Crippen LogP contribution in [0.5, 0.6) is 5.75 Å². The van der Waals surface area contributed by atoms with Gasteiger partial charge in [-0.05, 0) is 67.0 Å². The number of carbonyl (C=O) groups excluding carboxylic acids is 1. The summed E-state index contributed by atoms with van der Waals surface area (Å²) in [6, 6.07) is 14.6. The highest BCUT2D eigenvalue weighted by Crippen LogP contribution is 2.19. The van der Waals surface area contributed by atoms with Crippen LogP contribution in [0, 0.1) is 0 Å². The zero-order chi connectivity index (χ0) is 19.8. The van der Waals surface area contributed by atoms with Crippen molar-refractivity contribution in [2.24, 2.45) is 0 Å². The first kappa shape index (κ1) is 20.3. The fourth-order valence-corrected chi connectivity index (χ4v) is 3.11. The molecule has 0 aromatic heterocycles. The van der Waals surface area contributed by atoms with E-state index >= 15 is 0 Å². The quantitative estimate of drug-likeness (QED) is 0.539. The molecule has 0 unspecified atom stereocenters. The van der Waals surface area contributed by atoms with Crippen molar-refractivity contribution >= 4 is 46.6 Å². The van der Waals surface area contributed by atoms with Gasteiger partial charge in [-0.1, -0.05) is 29.8 Å². The summed E-state index contributed by atoms with van der Waals surface area (Å²) >= 11 is 11.2. The second-order valence-electron chi connectivity index (χ2n) is 6.27. The first-order valence-electron chi connectivity index (χ1n) is 8.99. The molecule has 2 aromatic carbocycles. The van der Waals surface area contributed by atoms with E-state index in [9.17, 15) is 4.79 Å². The summed E-state index contributed by atoms with van der Waals surface area (Å²) < 4.78 is 11.3. The van der Waals surface area contributed by atoms with Crippen LogP contribution in [0.4, 0.5) is 5.69 Å². The molecule has 5 nitrogen and oxygen atoms in total. The van der Waals surface area contributed by atoms with Crippen LogP contribution >= 0.6 is 23.8 Å². The lowest BCUT2D eigenvalue weighted by Gasteiger charge is -2.12. The van der Waals surface area contributed by atoms with Gasteiger partial charge in [0.05, 0.1) is 6.10 Å². The average Bonchev–Trinajstić information content (AvgIpc) is 3.20. The zero-order valence-electron chi connectivity index (χ0n) is 15.2. The van der Waals surface area contributed by atoms with Crippen LogP contribution in [0.2, 0.25) is 5.02 Å². The molecule has 1 aliphatic heterocycles. The molecule has 1 aliphatic rings. The van der Waals surface area contributed by atoms with Crippen LogP contribution in [-0.4, -0.2) is 30.3 Å². The fraction of sp³-hybridized carbons (Fsp3) is 0.238. The largest absolute Gasteiger partial charge is 0.491 e. The highest BCUT2D eigenvalue weighted by atomic mass is 35.5. The third-order valence-corrected chi connectivity index (χ3v) is 4.68. The molecule has 1 fully saturated rings. The Bertz CT molecular complexity index is 849. The Hall–Kier alpha value is -2.41. The third kappa shape index (κ3) is 6.34. The number of halogens is 1. The summed E-state index contributed by atoms with van der Waals surface area (Å²) in [7, 11) is 0. The van der Waals surface area contributed by atoms with Gasteiger partial charge in [-0.15, -0.1) is 0 Å². The Morgan fingerprint density at radius 2 is 2.04 bits per heavy atom. The van der Waals surface area contributed by atoms with Gasteiger partial charge < -0.3 is 14.8 Å². The lowest BCUT2D eigenvalue weighted by atomic mass is 10.2. The number of thiocarbonyl (C=S) groups is 1. The van der Waals surface area contributed by atoms with Crippen molar-refractivity contribution in [1.82, 2.24) is 5.32 Å². The van der Waals surface area contributed by atoms with E-state index < -0.39 is 0 Å². The van der Waals surface area contributed by atoms with Crippen molar-refractivity contribution in [2.75, 3.05) is 18.5 Å². The minimum atomic E-state index is -0.339. The van der Waals surface area contributed by atoms with Crippen LogP contribution in [0.15, 0.2) is 54.6 Å². The molecule has 0 aliphatic carbocycles. The summed E-state index contributed by atoms with van der Waals surface area (Å²) in [6.07, 6.45) is 5.34. The minimum Gasteiger partial charge on any atom is -0.491 e. The fourth-order valence-electron chi connectivity index (χ4n) is 2.69. The van der Waals surface area contributed by atoms with Gasteiger partial charge in [0.2, 0.25) is 5.91 Å². The molecule has 1 atom stereocenters. The third-order valence-electron chi connectivity index (χ3n) is 4.13. The maximum Gasteiger partial charge on any atom is 0.250 e. The Kier molecular flexibility index (Phi) is 7.42. The van der Waals surface area contributed by atoms with Gasteiger partial charge >= 0.3 is 0 Å². The van der Waals surface area contributed by atoms with Crippen molar-refractivity contribution in [3.05, 3.63) is 65.2 Å². The van der Waals surface area contributed by atoms with Crippen LogP contribution in [0.1, 0.15) is 18.4 Å². The van der Waals surface area contributed by atoms with Gasteiger partial charge in [0.15, 0.2) is 5.11 Å². The number of benzene rings is 2. The number of amides is 1. The summed E-state index contributed by atoms with van der Waals surface area (Å²) in [6.45, 7) is 1.37. The van der Waals surface area contributed by atoms with Crippen molar-refractivity contribution in [3.63, 3.8) is 0 Å². The Morgan fingerprint density at radius 1 is 1.25 bits per heavy atom. The molecule has 1 saturated heterocycles. The lowest BCUT2D eigenvalue weighted by molar-refractivity contribution is -0.115. The highest BCUT2D eigenvalue weighted by molar-refractivity contribution is 7.80. The predicted molar refractivity (Wildman–Crippen MR) is 116 cm³/mol. The number of hydrogen-bond donors (Lipinski definition) is 2. The number of anilines is 1. The summed E-state index contributed by atoms with van der Waals surface area (Å²) in [5, 5.41) is 6.35. The van der Waals surface area contributed by atoms with Gasteiger partial charge in [-0.25, -0.2) is 0 Å². The topological polar surface area (TPSA) is 59.6 Å². The SMILES string of the molecule is O=C(/C=C\c1ccccc1Cl)NC(=S)Nc1ccc(OC[C@@H]2CCCO2)cc1. The number of rotatable bonds is 6. The number of hydrogen-bond acceptors (Lipinski definition) is 4. The first-order valence-corrected chi connectivity index (χ1v) is 9.78. The molecular formula is C21H21ClN2O3S. The molecule has 3 rings (SSSR count). The van der Waals surface area contributed by atoms with Crippen LogP contribution < -0.4 is 15.4 Å². The molecule has 1 heterocycles. The van der Waals surface area contributed by atoms with Crippen molar-refractivity contribution in [2.45, 2.75) is 18.9 Å². The standard InChI is InChI=1S/C21H21ClN2O3S/c22-19-6-2-1-4-15(19)7-12-20(25)24-21(28)23-16-8-10-17(11-9-16)27-14-18-5-3-13-26-18/h1-2,4,6-12,18H,3,5,13-14H2,(H2,23,24,25,28)/b12-7-/t18-/m0/s1. The maximum absolute atomic E-state index is 12.0. The Morgan fingerprint density at radius 3 is 2.75 bits per heavy atom. The molecule has 0 radical (unpaired) electrons. The van der Waals surface area contributed by atoms with Crippen molar-refractivity contribution < 1.29 is 14.3 Å². The summed E-state index contributed by atoms with van der Waals surface area (Å²) in [5.74, 6) is 0.424. The van der Waals surface area contributed by atoms with Crippen molar-refractivity contribution in [1.29, 1.82) is 0 Å². The van der Waals surface area contributed by atoms with Crippen LogP contribution in [0.3, 0.4) is 0 Å². The minimum absolute atomic E-state index is 0.180. The smallest absolute Gasteiger partial charge is 0.250 e. The molecule has 2 aromatic rings. The maximum atomic E-state index is 12.0. The van der Waals surface area contributed by atoms with E-state index in [-0.39, 0.29) is 17.1 Å². The van der Waals surface area contributed by atoms with Crippen LogP contribution in [-0.2, 0) is 9.53 Å². The molecule has 7 heteroatoms. The number of nitrogens with one attached hydrogen (secondary N) is 2. The molecule has 0 bridgehead atoms. The monoisotopic (exact) mass is 416 g/mol. The van der Waals surface area contributed by atoms with Gasteiger partial charge in [0.25, 0.3) is 0 Å². The van der Waals surface area contributed by atoms with E-state index in [1.54, 1.807) is 12.1 Å². The van der Waals surface area contributed by atoms with E-state index in [0.717, 1.165) is 36.4 Å². The van der Waals surface area contributed by atoms with Gasteiger partial charge in [0, 0.05) is 23.4 Å². The second-order valence-corrected chi connectivity index (χ2v) is 7.08. The van der Waals surface area contributed by atoms with E-state index in [4.69, 9.17) is 33.3 Å². The Labute approximate surface area is 174 Å². The van der Waals surface area contributed by atoms with Crippen molar-refractivity contribution in [3.8, 4) is 5.75 Å². The van der Waals surface area contributed by atoms with E-state index in [2.05, 4.69) is 10.6 Å². The van der Waals surface area contributed by atoms with E-state index in [1.165, 1.54) is 6.08 Å². The van der Waals surface area contributed by atoms with Crippen LogP contribution in [0.25, 0.3) is 6.08 Å². The van der Waals surface area contributed by atoms with Gasteiger partial charge in [0.1, 0.15) is 12.4 Å². The van der Waals surface area contributed by atoms with Gasteiger partial charge in [-0.3, -0.25) is 10.1 Å². The van der Waals surface area contributed by atoms with E-state index in [0.29, 0.717) is 11.6 Å². The predicted octanol–water partition coefficient (Wildman–Crippen LogP) is 4.42. The highest BCUT2D eigenvalue weighted by Gasteiger charge is 2.15. The average molecular weight is 417 g/mol. The lowest BCUT2D eigenvalue weighted by Crippen LogP contribution is -2.32. The molecule has 0 saturated carbocycles. The first-order chi connectivity index (χ1) is 13.6.